The van der Waals surface area contributed by atoms with Crippen LogP contribution in [-0.4, -0.2) is 99.1 Å². The van der Waals surface area contributed by atoms with Crippen molar-refractivity contribution in [1.82, 2.24) is 19.6 Å². The molecular weight excluding hydrogens is 248 g/mol. The van der Waals surface area contributed by atoms with Gasteiger partial charge in [-0.3, -0.25) is 0 Å². The molecule has 2 saturated heterocycles. The lowest BCUT2D eigenvalue weighted by atomic mass is 10.2. The van der Waals surface area contributed by atoms with Gasteiger partial charge >= 0.3 is 0 Å². The van der Waals surface area contributed by atoms with Crippen LogP contribution < -0.4 is 0 Å². The standard InChI is InChI=1S/C16H34N4/c1-17-7-3-4-9-19-11-6-12-20(16-15-19)10-5-8-18(2)14-13-17/h3-16H2,1-2H3. The summed E-state index contributed by atoms with van der Waals surface area (Å²) in [6, 6.07) is 0. The van der Waals surface area contributed by atoms with Gasteiger partial charge in [0.2, 0.25) is 0 Å². The molecule has 0 radical (unpaired) electrons. The van der Waals surface area contributed by atoms with Gasteiger partial charge in [-0.15, -0.1) is 0 Å². The Bertz CT molecular complexity index is 259. The lowest BCUT2D eigenvalue weighted by molar-refractivity contribution is 0.231. The van der Waals surface area contributed by atoms with Crippen molar-refractivity contribution in [1.29, 1.82) is 0 Å². The lowest BCUT2D eigenvalue weighted by Crippen LogP contribution is -2.34. The Morgan fingerprint density at radius 1 is 0.400 bits per heavy atom. The van der Waals surface area contributed by atoms with Crippen LogP contribution in [0.4, 0.5) is 0 Å². The molecule has 2 rings (SSSR count). The largest absolute Gasteiger partial charge is 0.305 e. The van der Waals surface area contributed by atoms with Crippen molar-refractivity contribution in [3.8, 4) is 0 Å². The van der Waals surface area contributed by atoms with Gasteiger partial charge in [-0.1, -0.05) is 0 Å². The maximum atomic E-state index is 2.69. The number of rotatable bonds is 0. The number of hydrogen-bond acceptors (Lipinski definition) is 4. The summed E-state index contributed by atoms with van der Waals surface area (Å²) in [7, 11) is 4.55. The summed E-state index contributed by atoms with van der Waals surface area (Å²) in [6.45, 7) is 12.7. The minimum Gasteiger partial charge on any atom is -0.305 e. The van der Waals surface area contributed by atoms with Crippen LogP contribution in [0.25, 0.3) is 0 Å². The highest BCUT2D eigenvalue weighted by Crippen LogP contribution is 2.06. The van der Waals surface area contributed by atoms with Crippen molar-refractivity contribution in [3.63, 3.8) is 0 Å². The van der Waals surface area contributed by atoms with E-state index in [0.717, 1.165) is 0 Å². The third kappa shape index (κ3) is 6.08. The van der Waals surface area contributed by atoms with Crippen molar-refractivity contribution in [2.24, 2.45) is 0 Å². The smallest absolute Gasteiger partial charge is 0.0109 e. The highest BCUT2D eigenvalue weighted by Gasteiger charge is 2.14. The van der Waals surface area contributed by atoms with Gasteiger partial charge in [0.05, 0.1) is 0 Å². The molecule has 0 aromatic carbocycles. The van der Waals surface area contributed by atoms with E-state index in [-0.39, 0.29) is 0 Å². The third-order valence-electron chi connectivity index (χ3n) is 4.82. The molecule has 0 aromatic heterocycles. The molecule has 4 nitrogen and oxygen atoms in total. The summed E-state index contributed by atoms with van der Waals surface area (Å²) in [5.41, 5.74) is 0. The summed E-state index contributed by atoms with van der Waals surface area (Å²) in [5.74, 6) is 0. The topological polar surface area (TPSA) is 13.0 Å². The van der Waals surface area contributed by atoms with Crippen LogP contribution in [0, 0.1) is 0 Å². The fourth-order valence-corrected chi connectivity index (χ4v) is 3.32. The Labute approximate surface area is 125 Å². The van der Waals surface area contributed by atoms with E-state index in [0.29, 0.717) is 0 Å². The van der Waals surface area contributed by atoms with Gasteiger partial charge in [0.15, 0.2) is 0 Å². The zero-order valence-electron chi connectivity index (χ0n) is 13.7. The second-order valence-electron chi connectivity index (χ2n) is 6.70. The minimum atomic E-state index is 1.21. The third-order valence-corrected chi connectivity index (χ3v) is 4.82. The van der Waals surface area contributed by atoms with Crippen LogP contribution in [-0.2, 0) is 0 Å². The molecule has 4 heteroatoms. The number of nitrogens with zero attached hydrogens (tertiary/aromatic N) is 4. The van der Waals surface area contributed by atoms with Gasteiger partial charge in [-0.05, 0) is 79.0 Å². The van der Waals surface area contributed by atoms with Gasteiger partial charge in [0, 0.05) is 26.2 Å². The number of fused-ring (bicyclic) bond motifs is 3. The second-order valence-corrected chi connectivity index (χ2v) is 6.70. The molecular formula is C16H34N4. The highest BCUT2D eigenvalue weighted by molar-refractivity contribution is 4.71. The first-order chi connectivity index (χ1) is 9.74. The van der Waals surface area contributed by atoms with Crippen LogP contribution in [0.3, 0.4) is 0 Å². The Kier molecular flexibility index (Phi) is 7.28. The molecule has 0 amide bonds. The summed E-state index contributed by atoms with van der Waals surface area (Å²) >= 11 is 0. The first-order valence-corrected chi connectivity index (χ1v) is 8.56. The zero-order chi connectivity index (χ0) is 14.2. The molecule has 2 heterocycles. The van der Waals surface area contributed by atoms with Gasteiger partial charge in [-0.2, -0.15) is 0 Å². The fourth-order valence-electron chi connectivity index (χ4n) is 3.32. The quantitative estimate of drug-likeness (QED) is 0.658. The van der Waals surface area contributed by atoms with Crippen molar-refractivity contribution >= 4 is 0 Å². The molecule has 2 bridgehead atoms. The van der Waals surface area contributed by atoms with Crippen molar-refractivity contribution in [3.05, 3.63) is 0 Å². The normalized spacial score (nSPS) is 33.3. The molecule has 0 saturated carbocycles. The van der Waals surface area contributed by atoms with E-state index in [4.69, 9.17) is 0 Å². The van der Waals surface area contributed by atoms with E-state index in [1.165, 1.54) is 91.1 Å². The monoisotopic (exact) mass is 282 g/mol. The average Bonchev–Trinajstić information content (AvgIpc) is 2.66. The van der Waals surface area contributed by atoms with Crippen LogP contribution in [0.2, 0.25) is 0 Å². The zero-order valence-corrected chi connectivity index (χ0v) is 13.7. The summed E-state index contributed by atoms with van der Waals surface area (Å²) in [6.07, 6.45) is 5.39. The Morgan fingerprint density at radius 3 is 1.40 bits per heavy atom. The Balaban J connectivity index is 1.83. The first-order valence-electron chi connectivity index (χ1n) is 8.56. The molecule has 2 aliphatic heterocycles. The Morgan fingerprint density at radius 2 is 0.800 bits per heavy atom. The van der Waals surface area contributed by atoms with E-state index < -0.39 is 0 Å². The molecule has 0 aliphatic carbocycles. The van der Waals surface area contributed by atoms with E-state index in [1.54, 1.807) is 0 Å². The number of hydrogen-bond donors (Lipinski definition) is 0. The summed E-state index contributed by atoms with van der Waals surface area (Å²) in [5, 5.41) is 0. The van der Waals surface area contributed by atoms with Crippen LogP contribution in [0.5, 0.6) is 0 Å². The predicted molar refractivity (Wildman–Crippen MR) is 86.3 cm³/mol. The molecule has 20 heavy (non-hydrogen) atoms. The molecule has 118 valence electrons. The average molecular weight is 282 g/mol. The summed E-state index contributed by atoms with van der Waals surface area (Å²) in [4.78, 5) is 10.4. The SMILES string of the molecule is CN1CCCCN2CCCN(CCCN(C)CC1)CC2. The van der Waals surface area contributed by atoms with E-state index in [1.807, 2.05) is 0 Å². The molecule has 0 spiro atoms. The molecule has 2 atom stereocenters. The summed E-state index contributed by atoms with van der Waals surface area (Å²) < 4.78 is 0. The number of likely N-dealkylation sites (N-methyl/N-ethyl adjacent to an activating group) is 2. The maximum absolute atomic E-state index is 2.69. The second kappa shape index (κ2) is 8.98. The van der Waals surface area contributed by atoms with E-state index >= 15 is 0 Å². The van der Waals surface area contributed by atoms with Crippen LogP contribution >= 0.6 is 0 Å². The molecule has 2 unspecified atom stereocenters. The molecule has 2 fully saturated rings. The van der Waals surface area contributed by atoms with Crippen LogP contribution in [0.15, 0.2) is 0 Å². The Hall–Kier alpha value is -0.160. The molecule has 2 aliphatic rings. The maximum Gasteiger partial charge on any atom is 0.0109 e. The van der Waals surface area contributed by atoms with Gasteiger partial charge < -0.3 is 19.6 Å². The van der Waals surface area contributed by atoms with Gasteiger partial charge in [0.1, 0.15) is 0 Å². The fraction of sp³-hybridized carbons (Fsp3) is 1.00. The minimum absolute atomic E-state index is 1.21. The van der Waals surface area contributed by atoms with Gasteiger partial charge in [-0.25, -0.2) is 0 Å². The molecule has 0 N–H and O–H groups in total. The molecule has 0 aromatic rings. The van der Waals surface area contributed by atoms with E-state index in [9.17, 15) is 0 Å². The predicted octanol–water partition coefficient (Wildman–Crippen LogP) is 1.04. The van der Waals surface area contributed by atoms with Crippen LogP contribution in [0.1, 0.15) is 25.7 Å². The van der Waals surface area contributed by atoms with Gasteiger partial charge in [0.25, 0.3) is 0 Å². The first kappa shape index (κ1) is 16.2. The van der Waals surface area contributed by atoms with Crippen molar-refractivity contribution in [2.45, 2.75) is 25.7 Å². The van der Waals surface area contributed by atoms with E-state index in [2.05, 4.69) is 33.7 Å². The highest BCUT2D eigenvalue weighted by atomic mass is 15.2. The van der Waals surface area contributed by atoms with Crippen molar-refractivity contribution in [2.75, 3.05) is 79.5 Å². The van der Waals surface area contributed by atoms with Crippen molar-refractivity contribution < 1.29 is 0 Å². The lowest BCUT2D eigenvalue weighted by Gasteiger charge is -2.24.